The normalized spacial score (nSPS) is 33.0. The molecule has 3 heterocycles. The second-order valence-corrected chi connectivity index (χ2v) is 20.9. The van der Waals surface area contributed by atoms with Crippen molar-refractivity contribution in [2.24, 2.45) is 29.6 Å². The number of cyclic esters (lactones) is 1. The quantitative estimate of drug-likeness (QED) is 0.101. The van der Waals surface area contributed by atoms with Crippen LogP contribution >= 0.6 is 0 Å². The SMILES string of the molecule is CCC1=CCC(C(C)=CC(C)C(C)OC(C)=O)OC(=O)C2CCCCN2C(=O)C(=O)C2(O)OC(CCC2C)CC(O)C(C)C(OC(C)=O)CC(OC(C)=O)CC(OC(C)=O)C(C)=CC(C)CC(C)C1OC(C)=O. The van der Waals surface area contributed by atoms with E-state index in [0.717, 1.165) is 10.5 Å². The van der Waals surface area contributed by atoms with Gasteiger partial charge in [-0.25, -0.2) is 4.79 Å². The molecule has 18 heteroatoms. The maximum atomic E-state index is 14.5. The third-order valence-corrected chi connectivity index (χ3v) is 14.5. The van der Waals surface area contributed by atoms with Gasteiger partial charge in [0.05, 0.1) is 12.2 Å². The number of amides is 1. The molecule has 3 aliphatic rings. The van der Waals surface area contributed by atoms with E-state index in [-0.39, 0.29) is 69.2 Å². The summed E-state index contributed by atoms with van der Waals surface area (Å²) >= 11 is 0. The standard InChI is InChI=1S/C55H85NO17/c1-15-43-20-22-48(33(5)26-31(3)37(9)67-38(10)57)72-54(65)46-18-16-17-23-56(46)53(64)52(63)55(66)35(7)19-21-44(73-55)27-47(62)36(8)50(70-41(13)60)29-45(68-39(11)58)28-49(69-40(12)59)32(4)24-30(2)25-34(6)51(43)71-42(14)61/h20,24,26,30-31,34-37,44-51,62,66H,15-19,21-23,25,27-29H2,1-14H3. The van der Waals surface area contributed by atoms with Crippen LogP contribution in [-0.4, -0.2) is 130 Å². The lowest BCUT2D eigenvalue weighted by Crippen LogP contribution is -2.61. The molecule has 18 nitrogen and oxygen atoms in total. The van der Waals surface area contributed by atoms with Crippen LogP contribution in [0.2, 0.25) is 0 Å². The summed E-state index contributed by atoms with van der Waals surface area (Å²) in [4.78, 5) is 107. The van der Waals surface area contributed by atoms with Crippen molar-refractivity contribution >= 4 is 47.5 Å². The Hall–Kier alpha value is -4.94. The summed E-state index contributed by atoms with van der Waals surface area (Å²) in [6.45, 7) is 22.6. The Labute approximate surface area is 432 Å². The van der Waals surface area contributed by atoms with Gasteiger partial charge in [-0.05, 0) is 94.3 Å². The van der Waals surface area contributed by atoms with E-state index in [9.17, 15) is 48.6 Å². The van der Waals surface area contributed by atoms with Gasteiger partial charge in [0.2, 0.25) is 5.79 Å². The minimum Gasteiger partial charge on any atom is -0.462 e. The highest BCUT2D eigenvalue weighted by molar-refractivity contribution is 6.39. The zero-order chi connectivity index (χ0) is 55.1. The molecule has 0 aliphatic carbocycles. The van der Waals surface area contributed by atoms with Gasteiger partial charge < -0.3 is 48.3 Å². The molecule has 3 aliphatic heterocycles. The van der Waals surface area contributed by atoms with Gasteiger partial charge >= 0.3 is 35.8 Å². The number of carbonyl (C=O) groups is 8. The smallest absolute Gasteiger partial charge is 0.329 e. The number of Topliss-reactive ketones (excluding diaryl/α,β-unsaturated/α-hetero) is 1. The predicted molar refractivity (Wildman–Crippen MR) is 268 cm³/mol. The first-order chi connectivity index (χ1) is 34.1. The van der Waals surface area contributed by atoms with Crippen molar-refractivity contribution in [3.8, 4) is 0 Å². The number of piperidine rings is 1. The van der Waals surface area contributed by atoms with Crippen molar-refractivity contribution in [2.45, 2.75) is 228 Å². The average molecular weight is 1030 g/mol. The van der Waals surface area contributed by atoms with E-state index in [1.807, 2.05) is 45.9 Å². The number of ketones is 1. The van der Waals surface area contributed by atoms with Crippen LogP contribution in [0, 0.1) is 29.6 Å². The molecule has 0 aromatic rings. The molecule has 2 bridgehead atoms. The predicted octanol–water partition coefficient (Wildman–Crippen LogP) is 7.13. The number of hydrogen-bond donors (Lipinski definition) is 2. The fourth-order valence-corrected chi connectivity index (χ4v) is 10.3. The summed E-state index contributed by atoms with van der Waals surface area (Å²) in [5.41, 5.74) is 2.01. The van der Waals surface area contributed by atoms with E-state index in [2.05, 4.69) is 0 Å². The van der Waals surface area contributed by atoms with Gasteiger partial charge in [0.15, 0.2) is 0 Å². The summed E-state index contributed by atoms with van der Waals surface area (Å²) in [7, 11) is 0. The summed E-state index contributed by atoms with van der Waals surface area (Å²) < 4.78 is 41.2. The number of aliphatic hydroxyl groups excluding tert-OH is 1. The number of allylic oxidation sites excluding steroid dienone is 1. The molecule has 2 fully saturated rings. The first kappa shape index (κ1) is 62.4. The number of ether oxygens (including phenoxy) is 7. The Kier molecular flexibility index (Phi) is 24.5. The van der Waals surface area contributed by atoms with Crippen molar-refractivity contribution in [1.29, 1.82) is 0 Å². The van der Waals surface area contributed by atoms with Crippen molar-refractivity contribution in [3.63, 3.8) is 0 Å². The molecule has 0 aromatic heterocycles. The van der Waals surface area contributed by atoms with Gasteiger partial charge in [0, 0.05) is 84.6 Å². The maximum Gasteiger partial charge on any atom is 0.329 e. The van der Waals surface area contributed by atoms with Crippen LogP contribution in [0.15, 0.2) is 34.9 Å². The van der Waals surface area contributed by atoms with E-state index < -0.39 is 120 Å². The Morgan fingerprint density at radius 3 is 2.04 bits per heavy atom. The van der Waals surface area contributed by atoms with Crippen LogP contribution in [0.25, 0.3) is 0 Å². The van der Waals surface area contributed by atoms with Crippen LogP contribution in [0.1, 0.15) is 168 Å². The third kappa shape index (κ3) is 18.7. The zero-order valence-electron chi connectivity index (χ0n) is 45.8. The second-order valence-electron chi connectivity index (χ2n) is 20.9. The summed E-state index contributed by atoms with van der Waals surface area (Å²) in [6, 6.07) is -1.20. The van der Waals surface area contributed by atoms with Gasteiger partial charge in [-0.1, -0.05) is 59.8 Å². The van der Waals surface area contributed by atoms with Crippen LogP contribution < -0.4 is 0 Å². The Morgan fingerprint density at radius 2 is 1.45 bits per heavy atom. The lowest BCUT2D eigenvalue weighted by Gasteiger charge is -2.43. The first-order valence-corrected chi connectivity index (χ1v) is 26.1. The van der Waals surface area contributed by atoms with Crippen LogP contribution in [-0.2, 0) is 71.5 Å². The highest BCUT2D eigenvalue weighted by Gasteiger charge is 2.53. The third-order valence-electron chi connectivity index (χ3n) is 14.5. The first-order valence-electron chi connectivity index (χ1n) is 26.1. The van der Waals surface area contributed by atoms with E-state index in [1.54, 1.807) is 34.6 Å². The largest absolute Gasteiger partial charge is 0.462 e. The molecule has 0 spiro atoms. The maximum absolute atomic E-state index is 14.5. The van der Waals surface area contributed by atoms with Crippen molar-refractivity contribution < 1.29 is 81.7 Å². The highest BCUT2D eigenvalue weighted by Crippen LogP contribution is 2.38. The molecule has 0 radical (unpaired) electrons. The highest BCUT2D eigenvalue weighted by atomic mass is 16.6. The Balaban J connectivity index is 2.26. The molecule has 0 saturated carbocycles. The van der Waals surface area contributed by atoms with Crippen molar-refractivity contribution in [2.75, 3.05) is 6.54 Å². The summed E-state index contributed by atoms with van der Waals surface area (Å²) in [5, 5.41) is 23.8. The van der Waals surface area contributed by atoms with Crippen molar-refractivity contribution in [3.05, 3.63) is 34.9 Å². The van der Waals surface area contributed by atoms with Crippen LogP contribution in [0.3, 0.4) is 0 Å². The van der Waals surface area contributed by atoms with E-state index in [4.69, 9.17) is 33.2 Å². The van der Waals surface area contributed by atoms with E-state index in [0.29, 0.717) is 36.8 Å². The molecule has 15 unspecified atom stereocenters. The fraction of sp³-hybridized carbons (Fsp3) is 0.745. The lowest BCUT2D eigenvalue weighted by molar-refractivity contribution is -0.267. The van der Waals surface area contributed by atoms with Gasteiger partial charge in [0.1, 0.15) is 42.7 Å². The number of fused-ring (bicyclic) bond motifs is 3. The molecule has 412 valence electrons. The Bertz CT molecular complexity index is 2040. The second kappa shape index (κ2) is 28.7. The zero-order valence-corrected chi connectivity index (χ0v) is 45.8. The van der Waals surface area contributed by atoms with Crippen LogP contribution in [0.4, 0.5) is 0 Å². The minimum absolute atomic E-state index is 0.0212. The topological polar surface area (TPSA) is 245 Å². The molecule has 1 amide bonds. The number of carbonyl (C=O) groups excluding carboxylic acids is 8. The summed E-state index contributed by atoms with van der Waals surface area (Å²) in [6.07, 6.45) is 0.810. The Morgan fingerprint density at radius 1 is 0.822 bits per heavy atom. The average Bonchev–Trinajstić information content (AvgIpc) is 3.29. The molecule has 2 N–H and O–H groups in total. The fourth-order valence-electron chi connectivity index (χ4n) is 10.3. The summed E-state index contributed by atoms with van der Waals surface area (Å²) in [5.74, 6) is -11.1. The lowest BCUT2D eigenvalue weighted by atomic mass is 9.83. The number of esters is 6. The van der Waals surface area contributed by atoms with E-state index in [1.165, 1.54) is 34.6 Å². The monoisotopic (exact) mass is 1030 g/mol. The van der Waals surface area contributed by atoms with Gasteiger partial charge in [-0.15, -0.1) is 0 Å². The molecule has 15 atom stereocenters. The number of aliphatic hydroxyl groups is 2. The molecule has 73 heavy (non-hydrogen) atoms. The molecule has 3 rings (SSSR count). The minimum atomic E-state index is -2.63. The number of nitrogens with zero attached hydrogens (tertiary/aromatic N) is 1. The molecular weight excluding hydrogens is 947 g/mol. The van der Waals surface area contributed by atoms with Gasteiger partial charge in [-0.3, -0.25) is 33.6 Å². The molecule has 2 saturated heterocycles. The molecule has 0 aromatic carbocycles. The number of rotatable bonds is 9. The van der Waals surface area contributed by atoms with Gasteiger partial charge in [0.25, 0.3) is 11.7 Å². The van der Waals surface area contributed by atoms with Crippen molar-refractivity contribution in [1.82, 2.24) is 4.90 Å². The molecular formula is C55H85NO17. The van der Waals surface area contributed by atoms with Crippen LogP contribution in [0.5, 0.6) is 0 Å². The number of hydrogen-bond acceptors (Lipinski definition) is 17. The van der Waals surface area contributed by atoms with Gasteiger partial charge in [-0.2, -0.15) is 0 Å². The van der Waals surface area contributed by atoms with E-state index >= 15 is 0 Å².